The second-order valence-electron chi connectivity index (χ2n) is 4.07. The van der Waals surface area contributed by atoms with Gasteiger partial charge in [-0.1, -0.05) is 13.3 Å². The summed E-state index contributed by atoms with van der Waals surface area (Å²) >= 11 is 0. The minimum absolute atomic E-state index is 0.0812. The molecule has 0 bridgehead atoms. The van der Waals surface area contributed by atoms with Gasteiger partial charge >= 0.3 is 0 Å². The number of unbranched alkanes of at least 4 members (excludes halogenated alkanes) is 1. The van der Waals surface area contributed by atoms with E-state index in [-0.39, 0.29) is 12.5 Å². The van der Waals surface area contributed by atoms with Crippen molar-refractivity contribution in [3.8, 4) is 0 Å². The molecule has 3 N–H and O–H groups in total. The first-order valence-electron chi connectivity index (χ1n) is 6.05. The van der Waals surface area contributed by atoms with Crippen LogP contribution in [-0.2, 0) is 4.79 Å². The second kappa shape index (κ2) is 7.09. The maximum atomic E-state index is 11.6. The SMILES string of the molecule is CCCCNC(N)=NCC(=O)N1CCCC1. The lowest BCUT2D eigenvalue weighted by atomic mass is 10.3. The highest BCUT2D eigenvalue weighted by atomic mass is 16.2. The van der Waals surface area contributed by atoms with Crippen molar-refractivity contribution in [3.63, 3.8) is 0 Å². The van der Waals surface area contributed by atoms with Gasteiger partial charge in [0.05, 0.1) is 0 Å². The van der Waals surface area contributed by atoms with Crippen LogP contribution in [0.2, 0.25) is 0 Å². The van der Waals surface area contributed by atoms with Gasteiger partial charge in [0.25, 0.3) is 0 Å². The fourth-order valence-electron chi connectivity index (χ4n) is 1.67. The van der Waals surface area contributed by atoms with E-state index in [0.717, 1.165) is 45.3 Å². The Morgan fingerprint density at radius 3 is 2.75 bits per heavy atom. The molecule has 1 aliphatic heterocycles. The Bertz CT molecular complexity index is 246. The van der Waals surface area contributed by atoms with E-state index in [9.17, 15) is 4.79 Å². The summed E-state index contributed by atoms with van der Waals surface area (Å²) < 4.78 is 0. The van der Waals surface area contributed by atoms with E-state index in [1.807, 2.05) is 4.90 Å². The first kappa shape index (κ1) is 12.8. The van der Waals surface area contributed by atoms with E-state index in [0.29, 0.717) is 5.96 Å². The van der Waals surface area contributed by atoms with E-state index in [4.69, 9.17) is 5.73 Å². The van der Waals surface area contributed by atoms with Crippen LogP contribution in [0.1, 0.15) is 32.6 Å². The number of carbonyl (C=O) groups is 1. The Hall–Kier alpha value is -1.26. The number of aliphatic imine (C=N–C) groups is 1. The molecular weight excluding hydrogens is 204 g/mol. The van der Waals surface area contributed by atoms with Gasteiger partial charge in [0.2, 0.25) is 5.91 Å². The predicted octanol–water partition coefficient (Wildman–Crippen LogP) is 0.313. The van der Waals surface area contributed by atoms with Crippen molar-refractivity contribution >= 4 is 11.9 Å². The number of hydrogen-bond donors (Lipinski definition) is 2. The molecule has 0 aliphatic carbocycles. The lowest BCUT2D eigenvalue weighted by Crippen LogP contribution is -2.35. The van der Waals surface area contributed by atoms with E-state index >= 15 is 0 Å². The minimum atomic E-state index is 0.0812. The predicted molar refractivity (Wildman–Crippen MR) is 65.2 cm³/mol. The molecule has 0 aromatic carbocycles. The standard InChI is InChI=1S/C11H22N4O/c1-2-3-6-13-11(12)14-9-10(16)15-7-4-5-8-15/h2-9H2,1H3,(H3,12,13,14). The molecule has 92 valence electrons. The molecule has 0 unspecified atom stereocenters. The molecule has 16 heavy (non-hydrogen) atoms. The number of carbonyl (C=O) groups excluding carboxylic acids is 1. The normalized spacial score (nSPS) is 16.6. The molecule has 0 aromatic heterocycles. The van der Waals surface area contributed by atoms with Crippen LogP contribution in [0.15, 0.2) is 4.99 Å². The van der Waals surface area contributed by atoms with Crippen LogP contribution in [0.3, 0.4) is 0 Å². The number of guanidine groups is 1. The molecule has 0 radical (unpaired) electrons. The third kappa shape index (κ3) is 4.51. The molecule has 1 heterocycles. The van der Waals surface area contributed by atoms with E-state index < -0.39 is 0 Å². The highest BCUT2D eigenvalue weighted by Crippen LogP contribution is 2.06. The van der Waals surface area contributed by atoms with Crippen molar-refractivity contribution < 1.29 is 4.79 Å². The fourth-order valence-corrected chi connectivity index (χ4v) is 1.67. The molecular formula is C11H22N4O. The number of nitrogens with two attached hydrogens (primary N) is 1. The van der Waals surface area contributed by atoms with Crippen LogP contribution in [0.25, 0.3) is 0 Å². The molecule has 0 saturated carbocycles. The van der Waals surface area contributed by atoms with Crippen molar-refractivity contribution in [1.29, 1.82) is 0 Å². The number of hydrogen-bond acceptors (Lipinski definition) is 2. The molecule has 1 fully saturated rings. The number of nitrogens with one attached hydrogen (secondary N) is 1. The molecule has 1 aliphatic rings. The average Bonchev–Trinajstić information content (AvgIpc) is 2.79. The van der Waals surface area contributed by atoms with Crippen molar-refractivity contribution in [2.75, 3.05) is 26.2 Å². The zero-order valence-corrected chi connectivity index (χ0v) is 10.0. The van der Waals surface area contributed by atoms with E-state index in [1.54, 1.807) is 0 Å². The van der Waals surface area contributed by atoms with Gasteiger partial charge in [-0.3, -0.25) is 4.79 Å². The van der Waals surface area contributed by atoms with Gasteiger partial charge in [-0.15, -0.1) is 0 Å². The zero-order chi connectivity index (χ0) is 11.8. The van der Waals surface area contributed by atoms with Crippen molar-refractivity contribution in [2.45, 2.75) is 32.6 Å². The quantitative estimate of drug-likeness (QED) is 0.403. The van der Waals surface area contributed by atoms with Crippen LogP contribution in [-0.4, -0.2) is 42.9 Å². The largest absolute Gasteiger partial charge is 0.370 e. The Labute approximate surface area is 97.1 Å². The van der Waals surface area contributed by atoms with Gasteiger partial charge < -0.3 is 16.0 Å². The summed E-state index contributed by atoms with van der Waals surface area (Å²) in [6, 6.07) is 0. The number of nitrogens with zero attached hydrogens (tertiary/aromatic N) is 2. The summed E-state index contributed by atoms with van der Waals surface area (Å²) in [7, 11) is 0. The van der Waals surface area contributed by atoms with Gasteiger partial charge in [0.1, 0.15) is 6.54 Å². The summed E-state index contributed by atoms with van der Waals surface area (Å²) in [5.41, 5.74) is 5.63. The first-order valence-corrected chi connectivity index (χ1v) is 6.05. The van der Waals surface area contributed by atoms with E-state index in [1.165, 1.54) is 0 Å². The fraction of sp³-hybridized carbons (Fsp3) is 0.818. The molecule has 1 saturated heterocycles. The minimum Gasteiger partial charge on any atom is -0.370 e. The van der Waals surface area contributed by atoms with Crippen molar-refractivity contribution in [2.24, 2.45) is 10.7 Å². The lowest BCUT2D eigenvalue weighted by Gasteiger charge is -2.13. The molecule has 5 nitrogen and oxygen atoms in total. The van der Waals surface area contributed by atoms with Crippen LogP contribution in [0.5, 0.6) is 0 Å². The van der Waals surface area contributed by atoms with Gasteiger partial charge in [-0.05, 0) is 19.3 Å². The summed E-state index contributed by atoms with van der Waals surface area (Å²) in [5.74, 6) is 0.457. The first-order chi connectivity index (χ1) is 7.74. The molecule has 0 atom stereocenters. The summed E-state index contributed by atoms with van der Waals surface area (Å²) in [4.78, 5) is 17.5. The topological polar surface area (TPSA) is 70.7 Å². The van der Waals surface area contributed by atoms with Crippen molar-refractivity contribution in [3.05, 3.63) is 0 Å². The van der Waals surface area contributed by atoms with Crippen molar-refractivity contribution in [1.82, 2.24) is 10.2 Å². The maximum absolute atomic E-state index is 11.6. The average molecular weight is 226 g/mol. The summed E-state index contributed by atoms with van der Waals surface area (Å²) in [6.07, 6.45) is 4.41. The summed E-state index contributed by atoms with van der Waals surface area (Å²) in [5, 5.41) is 2.99. The molecule has 0 aromatic rings. The zero-order valence-electron chi connectivity index (χ0n) is 10.0. The van der Waals surface area contributed by atoms with Gasteiger partial charge in [-0.25, -0.2) is 4.99 Å². The molecule has 0 spiro atoms. The van der Waals surface area contributed by atoms with Gasteiger partial charge in [-0.2, -0.15) is 0 Å². The van der Waals surface area contributed by atoms with Crippen LogP contribution < -0.4 is 11.1 Å². The van der Waals surface area contributed by atoms with Gasteiger partial charge in [0.15, 0.2) is 5.96 Å². The Kier molecular flexibility index (Phi) is 5.67. The molecule has 5 heteroatoms. The molecule has 1 rings (SSSR count). The third-order valence-electron chi connectivity index (χ3n) is 2.68. The van der Waals surface area contributed by atoms with E-state index in [2.05, 4.69) is 17.2 Å². The Balaban J connectivity index is 2.20. The van der Waals surface area contributed by atoms with Gasteiger partial charge in [0, 0.05) is 19.6 Å². The highest BCUT2D eigenvalue weighted by Gasteiger charge is 2.16. The molecule has 1 amide bonds. The lowest BCUT2D eigenvalue weighted by molar-refractivity contribution is -0.128. The van der Waals surface area contributed by atoms with Crippen LogP contribution in [0.4, 0.5) is 0 Å². The second-order valence-corrected chi connectivity index (χ2v) is 4.07. The monoisotopic (exact) mass is 226 g/mol. The Morgan fingerprint density at radius 2 is 2.12 bits per heavy atom. The highest BCUT2D eigenvalue weighted by molar-refractivity contribution is 5.84. The number of likely N-dealkylation sites (tertiary alicyclic amines) is 1. The number of amides is 1. The van der Waals surface area contributed by atoms with Crippen LogP contribution >= 0.6 is 0 Å². The van der Waals surface area contributed by atoms with Crippen LogP contribution in [0, 0.1) is 0 Å². The smallest absolute Gasteiger partial charge is 0.244 e. The number of rotatable bonds is 5. The third-order valence-corrected chi connectivity index (χ3v) is 2.68. The summed E-state index contributed by atoms with van der Waals surface area (Å²) in [6.45, 7) is 4.86. The Morgan fingerprint density at radius 1 is 1.44 bits per heavy atom. The maximum Gasteiger partial charge on any atom is 0.244 e.